The molecule has 0 spiro atoms. The van der Waals surface area contributed by atoms with Crippen LogP contribution in [-0.4, -0.2) is 44.0 Å². The molecule has 1 saturated heterocycles. The zero-order valence-corrected chi connectivity index (χ0v) is 19.6. The average Bonchev–Trinajstić information content (AvgIpc) is 3.26. The minimum absolute atomic E-state index is 0.0818. The van der Waals surface area contributed by atoms with Crippen molar-refractivity contribution < 1.29 is 13.2 Å². The van der Waals surface area contributed by atoms with Crippen molar-refractivity contribution in [3.8, 4) is 0 Å². The molecule has 0 saturated carbocycles. The van der Waals surface area contributed by atoms with E-state index in [1.54, 1.807) is 22.1 Å². The number of carbonyl (C=O) groups is 1. The Morgan fingerprint density at radius 2 is 1.77 bits per heavy atom. The summed E-state index contributed by atoms with van der Waals surface area (Å²) in [5.41, 5.74) is 3.30. The maximum absolute atomic E-state index is 13.3. The molecule has 0 atom stereocenters. The fourth-order valence-corrected chi connectivity index (χ4v) is 7.50. The highest BCUT2D eigenvalue weighted by Crippen LogP contribution is 2.38. The predicted molar refractivity (Wildman–Crippen MR) is 124 cm³/mol. The lowest BCUT2D eigenvalue weighted by molar-refractivity contribution is -0.123. The van der Waals surface area contributed by atoms with Crippen molar-refractivity contribution >= 4 is 45.0 Å². The Balaban J connectivity index is 1.29. The molecule has 1 amide bonds. The number of fused-ring (bicyclic) bond motifs is 2. The van der Waals surface area contributed by atoms with Crippen LogP contribution < -0.4 is 4.90 Å². The van der Waals surface area contributed by atoms with Crippen molar-refractivity contribution in [3.63, 3.8) is 0 Å². The number of carbonyl (C=O) groups excluding carboxylic acids is 1. The van der Waals surface area contributed by atoms with E-state index in [1.807, 2.05) is 35.2 Å². The summed E-state index contributed by atoms with van der Waals surface area (Å²) in [6.07, 6.45) is 4.17. The second kappa shape index (κ2) is 8.43. The Morgan fingerprint density at radius 1 is 1.00 bits per heavy atom. The van der Waals surface area contributed by atoms with Gasteiger partial charge >= 0.3 is 0 Å². The normalized spacial score (nSPS) is 19.8. The molecule has 5 rings (SSSR count). The van der Waals surface area contributed by atoms with Crippen molar-refractivity contribution in [1.82, 2.24) is 4.31 Å². The third-order valence-electron chi connectivity index (χ3n) is 6.56. The fraction of sp³-hybridized carbons (Fsp3) is 0.435. The van der Waals surface area contributed by atoms with Crippen LogP contribution in [0.2, 0.25) is 5.02 Å². The van der Waals surface area contributed by atoms with Crippen LogP contribution in [0.25, 0.3) is 0 Å². The molecule has 2 heterocycles. The van der Waals surface area contributed by atoms with Crippen molar-refractivity contribution in [2.75, 3.05) is 30.3 Å². The number of piperidine rings is 1. The molecule has 1 aliphatic carbocycles. The molecule has 0 bridgehead atoms. The molecule has 0 radical (unpaired) electrons. The van der Waals surface area contributed by atoms with E-state index in [0.717, 1.165) is 41.2 Å². The molecular formula is C23H25ClN2O3S2. The minimum atomic E-state index is -3.52. The summed E-state index contributed by atoms with van der Waals surface area (Å²) in [4.78, 5) is 16.6. The standard InChI is InChI=1S/C23H25ClN2O3S2/c24-19-5-7-22-21(15-19)26(12-13-30-22)23(27)17-8-10-25(11-9-17)31(28,29)20-6-4-16-2-1-3-18(16)14-20/h4-7,14-15,17H,1-3,8-13H2. The van der Waals surface area contributed by atoms with Crippen molar-refractivity contribution in [3.05, 3.63) is 52.5 Å². The van der Waals surface area contributed by atoms with E-state index >= 15 is 0 Å². The first kappa shape index (κ1) is 21.3. The molecule has 3 aliphatic rings. The van der Waals surface area contributed by atoms with Crippen LogP contribution in [0.5, 0.6) is 0 Å². The zero-order chi connectivity index (χ0) is 21.6. The number of nitrogens with zero attached hydrogens (tertiary/aromatic N) is 2. The van der Waals surface area contributed by atoms with Gasteiger partial charge in [-0.2, -0.15) is 4.31 Å². The Bertz CT molecular complexity index is 1130. The fourth-order valence-electron chi connectivity index (χ4n) is 4.84. The molecule has 2 aromatic carbocycles. The highest BCUT2D eigenvalue weighted by Gasteiger charge is 2.35. The Morgan fingerprint density at radius 3 is 2.58 bits per heavy atom. The van der Waals surface area contributed by atoms with Crippen LogP contribution in [0.15, 0.2) is 46.2 Å². The number of amides is 1. The van der Waals surface area contributed by atoms with Crippen molar-refractivity contribution in [2.24, 2.45) is 5.92 Å². The minimum Gasteiger partial charge on any atom is -0.310 e. The molecule has 1 fully saturated rings. The SMILES string of the molecule is O=C(C1CCN(S(=O)(=O)c2ccc3c(c2)CCC3)CC1)N1CCSc2ccc(Cl)cc21. The molecular weight excluding hydrogens is 452 g/mol. The maximum Gasteiger partial charge on any atom is 0.243 e. The third-order valence-corrected chi connectivity index (χ3v) is 9.73. The van der Waals surface area contributed by atoms with Crippen molar-refractivity contribution in [1.29, 1.82) is 0 Å². The molecule has 2 aliphatic heterocycles. The van der Waals surface area contributed by atoms with Crippen LogP contribution in [0.3, 0.4) is 0 Å². The Labute approximate surface area is 192 Å². The van der Waals surface area contributed by atoms with Crippen LogP contribution >= 0.6 is 23.4 Å². The second-order valence-corrected chi connectivity index (χ2v) is 11.9. The van der Waals surface area contributed by atoms with Gasteiger partial charge in [0.15, 0.2) is 0 Å². The molecule has 31 heavy (non-hydrogen) atoms. The van der Waals surface area contributed by atoms with Gasteiger partial charge in [0.1, 0.15) is 0 Å². The summed E-state index contributed by atoms with van der Waals surface area (Å²) in [5, 5.41) is 0.620. The molecule has 2 aromatic rings. The molecule has 0 unspecified atom stereocenters. The number of sulfonamides is 1. The largest absolute Gasteiger partial charge is 0.310 e. The Kier molecular flexibility index (Phi) is 5.79. The molecule has 0 N–H and O–H groups in total. The monoisotopic (exact) mass is 476 g/mol. The first-order valence-electron chi connectivity index (χ1n) is 10.8. The molecule has 164 valence electrons. The lowest BCUT2D eigenvalue weighted by atomic mass is 9.96. The number of hydrogen-bond donors (Lipinski definition) is 0. The number of aryl methyl sites for hydroxylation is 2. The van der Waals surface area contributed by atoms with Gasteiger partial charge in [0.25, 0.3) is 0 Å². The van der Waals surface area contributed by atoms with Gasteiger partial charge in [-0.25, -0.2) is 8.42 Å². The highest BCUT2D eigenvalue weighted by atomic mass is 35.5. The van der Waals surface area contributed by atoms with E-state index in [9.17, 15) is 13.2 Å². The quantitative estimate of drug-likeness (QED) is 0.660. The van der Waals surface area contributed by atoms with E-state index in [1.165, 1.54) is 5.56 Å². The summed E-state index contributed by atoms with van der Waals surface area (Å²) in [7, 11) is -3.52. The van der Waals surface area contributed by atoms with E-state index < -0.39 is 10.0 Å². The molecule has 5 nitrogen and oxygen atoms in total. The summed E-state index contributed by atoms with van der Waals surface area (Å²) < 4.78 is 27.9. The maximum atomic E-state index is 13.3. The third kappa shape index (κ3) is 4.01. The predicted octanol–water partition coefficient (Wildman–Crippen LogP) is 4.37. The zero-order valence-electron chi connectivity index (χ0n) is 17.2. The van der Waals surface area contributed by atoms with E-state index in [0.29, 0.717) is 42.4 Å². The van der Waals surface area contributed by atoms with Gasteiger partial charge in [0.2, 0.25) is 15.9 Å². The highest BCUT2D eigenvalue weighted by molar-refractivity contribution is 7.99. The number of rotatable bonds is 3. The summed E-state index contributed by atoms with van der Waals surface area (Å²) in [5.74, 6) is 0.770. The van der Waals surface area contributed by atoms with Crippen LogP contribution in [0, 0.1) is 5.92 Å². The van der Waals surface area contributed by atoms with Crippen LogP contribution in [0.1, 0.15) is 30.4 Å². The second-order valence-electron chi connectivity index (χ2n) is 8.41. The van der Waals surface area contributed by atoms with Gasteiger partial charge in [-0.15, -0.1) is 11.8 Å². The van der Waals surface area contributed by atoms with Gasteiger partial charge in [0.05, 0.1) is 10.6 Å². The van der Waals surface area contributed by atoms with E-state index in [-0.39, 0.29) is 11.8 Å². The Hall–Kier alpha value is -1.54. The summed E-state index contributed by atoms with van der Waals surface area (Å²) >= 11 is 7.91. The first-order valence-corrected chi connectivity index (χ1v) is 13.6. The lowest BCUT2D eigenvalue weighted by Gasteiger charge is -2.35. The first-order chi connectivity index (χ1) is 14.9. The van der Waals surface area contributed by atoms with Crippen LogP contribution in [-0.2, 0) is 27.7 Å². The summed E-state index contributed by atoms with van der Waals surface area (Å²) in [6.45, 7) is 1.41. The van der Waals surface area contributed by atoms with Crippen LogP contribution in [0.4, 0.5) is 5.69 Å². The number of halogens is 1. The van der Waals surface area contributed by atoms with Gasteiger partial charge in [0, 0.05) is 41.2 Å². The molecule has 0 aromatic heterocycles. The van der Waals surface area contributed by atoms with E-state index in [4.69, 9.17) is 11.6 Å². The van der Waals surface area contributed by atoms with Gasteiger partial charge < -0.3 is 4.90 Å². The van der Waals surface area contributed by atoms with Gasteiger partial charge in [-0.1, -0.05) is 17.7 Å². The lowest BCUT2D eigenvalue weighted by Crippen LogP contribution is -2.45. The number of benzene rings is 2. The molecule has 8 heteroatoms. The number of thioether (sulfide) groups is 1. The smallest absolute Gasteiger partial charge is 0.243 e. The van der Waals surface area contributed by atoms with Crippen molar-refractivity contribution in [2.45, 2.75) is 41.9 Å². The topological polar surface area (TPSA) is 57.7 Å². The summed E-state index contributed by atoms with van der Waals surface area (Å²) in [6, 6.07) is 11.2. The van der Waals surface area contributed by atoms with Gasteiger partial charge in [-0.05, 0) is 73.6 Å². The van der Waals surface area contributed by atoms with E-state index in [2.05, 4.69) is 0 Å². The number of anilines is 1. The van der Waals surface area contributed by atoms with Gasteiger partial charge in [-0.3, -0.25) is 4.79 Å². The average molecular weight is 477 g/mol. The number of hydrogen-bond acceptors (Lipinski definition) is 4.